The summed E-state index contributed by atoms with van der Waals surface area (Å²) < 4.78 is 6.23. The van der Waals surface area contributed by atoms with Crippen LogP contribution in [0.1, 0.15) is 10.4 Å². The van der Waals surface area contributed by atoms with E-state index in [2.05, 4.69) is 10.3 Å². The third kappa shape index (κ3) is 3.30. The molecule has 0 radical (unpaired) electrons. The van der Waals surface area contributed by atoms with Crippen molar-refractivity contribution >= 4 is 32.6 Å². The molecule has 1 N–H and O–H groups in total. The van der Waals surface area contributed by atoms with Crippen molar-refractivity contribution in [1.82, 2.24) is 4.98 Å². The summed E-state index contributed by atoms with van der Waals surface area (Å²) in [4.78, 5) is 16.9. The number of carbonyl (C=O) groups is 1. The zero-order valence-electron chi connectivity index (χ0n) is 14.1. The molecular weight excluding hydrogens is 344 g/mol. The molecule has 0 aliphatic rings. The summed E-state index contributed by atoms with van der Waals surface area (Å²) in [5.74, 6) is 0.658. The standard InChI is InChI=1S/C21H16N2O2S/c1-25-17-12-10-15(11-13-17)14-6-8-16(9-7-14)20(24)23-21-22-18-4-2-3-5-19(18)26-21/h2-13H,1H3,(H,22,23,24). The molecule has 5 heteroatoms. The zero-order valence-corrected chi connectivity index (χ0v) is 14.9. The zero-order chi connectivity index (χ0) is 17.9. The Bertz CT molecular complexity index is 1020. The van der Waals surface area contributed by atoms with Crippen LogP contribution in [0.15, 0.2) is 72.8 Å². The van der Waals surface area contributed by atoms with E-state index in [0.29, 0.717) is 10.7 Å². The van der Waals surface area contributed by atoms with E-state index in [1.807, 2.05) is 72.8 Å². The molecule has 0 unspecified atom stereocenters. The summed E-state index contributed by atoms with van der Waals surface area (Å²) in [7, 11) is 1.65. The van der Waals surface area contributed by atoms with Gasteiger partial charge in [0.15, 0.2) is 5.13 Å². The Balaban J connectivity index is 1.51. The maximum atomic E-state index is 12.5. The molecule has 26 heavy (non-hydrogen) atoms. The average Bonchev–Trinajstić information content (AvgIpc) is 3.10. The summed E-state index contributed by atoms with van der Waals surface area (Å²) >= 11 is 1.47. The number of anilines is 1. The highest BCUT2D eigenvalue weighted by Gasteiger charge is 2.10. The van der Waals surface area contributed by atoms with Crippen molar-refractivity contribution in [3.8, 4) is 16.9 Å². The highest BCUT2D eigenvalue weighted by molar-refractivity contribution is 7.22. The lowest BCUT2D eigenvalue weighted by Crippen LogP contribution is -2.11. The van der Waals surface area contributed by atoms with Crippen molar-refractivity contribution in [2.24, 2.45) is 0 Å². The third-order valence-corrected chi connectivity index (χ3v) is 5.04. The molecule has 0 spiro atoms. The minimum Gasteiger partial charge on any atom is -0.497 e. The molecule has 0 saturated heterocycles. The van der Waals surface area contributed by atoms with Crippen molar-refractivity contribution < 1.29 is 9.53 Å². The van der Waals surface area contributed by atoms with Crippen LogP contribution in [0.4, 0.5) is 5.13 Å². The van der Waals surface area contributed by atoms with Crippen molar-refractivity contribution in [3.63, 3.8) is 0 Å². The van der Waals surface area contributed by atoms with Crippen LogP contribution < -0.4 is 10.1 Å². The number of fused-ring (bicyclic) bond motifs is 1. The van der Waals surface area contributed by atoms with Gasteiger partial charge < -0.3 is 4.74 Å². The molecule has 1 heterocycles. The van der Waals surface area contributed by atoms with Crippen LogP contribution in [-0.4, -0.2) is 18.0 Å². The number of nitrogens with one attached hydrogen (secondary N) is 1. The first-order valence-electron chi connectivity index (χ1n) is 8.14. The summed E-state index contributed by atoms with van der Waals surface area (Å²) in [6, 6.07) is 23.2. The lowest BCUT2D eigenvalue weighted by molar-refractivity contribution is 0.102. The number of hydrogen-bond donors (Lipinski definition) is 1. The van der Waals surface area contributed by atoms with E-state index in [1.54, 1.807) is 7.11 Å². The van der Waals surface area contributed by atoms with Crippen LogP contribution in [0.5, 0.6) is 5.75 Å². The molecule has 1 aromatic heterocycles. The molecule has 0 bridgehead atoms. The molecule has 1 amide bonds. The number of amides is 1. The fraction of sp³-hybridized carbons (Fsp3) is 0.0476. The van der Waals surface area contributed by atoms with E-state index in [1.165, 1.54) is 11.3 Å². The van der Waals surface area contributed by atoms with Gasteiger partial charge in [0.2, 0.25) is 0 Å². The number of benzene rings is 3. The first-order valence-corrected chi connectivity index (χ1v) is 8.96. The van der Waals surface area contributed by atoms with E-state index < -0.39 is 0 Å². The number of rotatable bonds is 4. The molecule has 0 aliphatic carbocycles. The SMILES string of the molecule is COc1ccc(-c2ccc(C(=O)Nc3nc4ccccc4s3)cc2)cc1. The van der Waals surface area contributed by atoms with Gasteiger partial charge in [0, 0.05) is 5.56 Å². The second-order valence-corrected chi connectivity index (χ2v) is 6.78. The van der Waals surface area contributed by atoms with Crippen LogP contribution in [0.2, 0.25) is 0 Å². The Morgan fingerprint density at radius 3 is 2.23 bits per heavy atom. The Hall–Kier alpha value is -3.18. The maximum Gasteiger partial charge on any atom is 0.257 e. The number of para-hydroxylation sites is 1. The van der Waals surface area contributed by atoms with E-state index >= 15 is 0 Å². The number of ether oxygens (including phenoxy) is 1. The monoisotopic (exact) mass is 360 g/mol. The van der Waals surface area contributed by atoms with Gasteiger partial charge in [0.1, 0.15) is 5.75 Å². The summed E-state index contributed by atoms with van der Waals surface area (Å²) in [5.41, 5.74) is 3.61. The first-order chi connectivity index (χ1) is 12.7. The van der Waals surface area contributed by atoms with Gasteiger partial charge in [-0.2, -0.15) is 0 Å². The number of nitrogens with zero attached hydrogens (tertiary/aromatic N) is 1. The van der Waals surface area contributed by atoms with Gasteiger partial charge in [-0.1, -0.05) is 47.7 Å². The van der Waals surface area contributed by atoms with E-state index in [9.17, 15) is 4.79 Å². The molecule has 0 aliphatic heterocycles. The fourth-order valence-electron chi connectivity index (χ4n) is 2.69. The van der Waals surface area contributed by atoms with Gasteiger partial charge in [0.25, 0.3) is 5.91 Å². The van der Waals surface area contributed by atoms with Crippen LogP contribution >= 0.6 is 11.3 Å². The van der Waals surface area contributed by atoms with Crippen LogP contribution in [-0.2, 0) is 0 Å². The Kier molecular flexibility index (Phi) is 4.37. The first kappa shape index (κ1) is 16.3. The third-order valence-electron chi connectivity index (χ3n) is 4.08. The predicted molar refractivity (Wildman–Crippen MR) is 106 cm³/mol. The van der Waals surface area contributed by atoms with Crippen molar-refractivity contribution in [3.05, 3.63) is 78.4 Å². The molecular formula is C21H16N2O2S. The normalized spacial score (nSPS) is 10.7. The molecule has 4 nitrogen and oxygen atoms in total. The minimum atomic E-state index is -0.162. The van der Waals surface area contributed by atoms with E-state index in [4.69, 9.17) is 4.74 Å². The molecule has 128 valence electrons. The Labute approximate surface area is 155 Å². The van der Waals surface area contributed by atoms with Crippen LogP contribution in [0, 0.1) is 0 Å². The average molecular weight is 360 g/mol. The summed E-state index contributed by atoms with van der Waals surface area (Å²) in [5, 5.41) is 3.48. The highest BCUT2D eigenvalue weighted by Crippen LogP contribution is 2.26. The van der Waals surface area contributed by atoms with Crippen LogP contribution in [0.25, 0.3) is 21.3 Å². The number of carbonyl (C=O) groups excluding carboxylic acids is 1. The van der Waals surface area contributed by atoms with Crippen molar-refractivity contribution in [1.29, 1.82) is 0 Å². The molecule has 0 fully saturated rings. The Morgan fingerprint density at radius 2 is 1.58 bits per heavy atom. The number of methoxy groups -OCH3 is 1. The van der Waals surface area contributed by atoms with Gasteiger partial charge >= 0.3 is 0 Å². The summed E-state index contributed by atoms with van der Waals surface area (Å²) in [6.45, 7) is 0. The predicted octanol–water partition coefficient (Wildman–Crippen LogP) is 5.22. The van der Waals surface area contributed by atoms with Gasteiger partial charge in [0.05, 0.1) is 17.3 Å². The second-order valence-electron chi connectivity index (χ2n) is 5.75. The summed E-state index contributed by atoms with van der Waals surface area (Å²) in [6.07, 6.45) is 0. The number of hydrogen-bond acceptors (Lipinski definition) is 4. The molecule has 3 aromatic carbocycles. The van der Waals surface area contributed by atoms with Gasteiger partial charge in [-0.3, -0.25) is 10.1 Å². The van der Waals surface area contributed by atoms with E-state index in [-0.39, 0.29) is 5.91 Å². The lowest BCUT2D eigenvalue weighted by atomic mass is 10.0. The Morgan fingerprint density at radius 1 is 0.923 bits per heavy atom. The molecule has 0 saturated carbocycles. The highest BCUT2D eigenvalue weighted by atomic mass is 32.1. The van der Waals surface area contributed by atoms with E-state index in [0.717, 1.165) is 27.1 Å². The van der Waals surface area contributed by atoms with Crippen molar-refractivity contribution in [2.45, 2.75) is 0 Å². The molecule has 4 aromatic rings. The maximum absolute atomic E-state index is 12.5. The topological polar surface area (TPSA) is 51.2 Å². The van der Waals surface area contributed by atoms with Crippen LogP contribution in [0.3, 0.4) is 0 Å². The number of aromatic nitrogens is 1. The molecule has 0 atom stereocenters. The fourth-order valence-corrected chi connectivity index (χ4v) is 3.55. The minimum absolute atomic E-state index is 0.162. The van der Waals surface area contributed by atoms with Gasteiger partial charge in [-0.25, -0.2) is 4.98 Å². The quantitative estimate of drug-likeness (QED) is 0.542. The second kappa shape index (κ2) is 6.98. The molecule has 4 rings (SSSR count). The number of thiazole rings is 1. The largest absolute Gasteiger partial charge is 0.497 e. The van der Waals surface area contributed by atoms with Gasteiger partial charge in [-0.15, -0.1) is 0 Å². The van der Waals surface area contributed by atoms with Gasteiger partial charge in [-0.05, 0) is 47.5 Å². The lowest BCUT2D eigenvalue weighted by Gasteiger charge is -2.06. The van der Waals surface area contributed by atoms with Crippen molar-refractivity contribution in [2.75, 3.05) is 12.4 Å². The smallest absolute Gasteiger partial charge is 0.257 e.